The van der Waals surface area contributed by atoms with E-state index >= 15 is 0 Å². The van der Waals surface area contributed by atoms with Gasteiger partial charge in [0.25, 0.3) is 0 Å². The molecule has 132 valence electrons. The van der Waals surface area contributed by atoms with Gasteiger partial charge in [-0.3, -0.25) is 9.59 Å². The number of aromatic nitrogens is 4. The highest BCUT2D eigenvalue weighted by molar-refractivity contribution is 6.30. The summed E-state index contributed by atoms with van der Waals surface area (Å²) in [6, 6.07) is 7.10. The number of rotatable bonds is 5. The Bertz CT molecular complexity index is 734. The predicted octanol–water partition coefficient (Wildman–Crippen LogP) is 1.37. The first kappa shape index (κ1) is 17.3. The molecule has 1 saturated heterocycles. The van der Waals surface area contributed by atoms with Gasteiger partial charge in [-0.15, -0.1) is 5.10 Å². The van der Waals surface area contributed by atoms with Crippen LogP contribution in [0.25, 0.3) is 0 Å². The van der Waals surface area contributed by atoms with E-state index in [0.717, 1.165) is 5.69 Å². The molecule has 0 spiro atoms. The van der Waals surface area contributed by atoms with Crippen molar-refractivity contribution in [1.82, 2.24) is 25.1 Å². The molecular weight excluding hydrogens is 344 g/mol. The zero-order valence-electron chi connectivity index (χ0n) is 13.9. The molecule has 0 N–H and O–H groups in total. The molecule has 0 bridgehead atoms. The number of carbonyl (C=O) groups excluding carboxylic acids is 2. The van der Waals surface area contributed by atoms with Crippen LogP contribution in [0, 0.1) is 0 Å². The Labute approximate surface area is 150 Å². The van der Waals surface area contributed by atoms with E-state index in [9.17, 15) is 9.59 Å². The van der Waals surface area contributed by atoms with Crippen molar-refractivity contribution >= 4 is 29.1 Å². The second kappa shape index (κ2) is 7.60. The second-order valence-corrected chi connectivity index (χ2v) is 6.46. The first-order valence-corrected chi connectivity index (χ1v) is 8.48. The van der Waals surface area contributed by atoms with Crippen LogP contribution in [0.15, 0.2) is 30.6 Å². The number of carbonyl (C=O) groups is 2. The third-order valence-electron chi connectivity index (χ3n) is 4.21. The van der Waals surface area contributed by atoms with Crippen LogP contribution in [-0.4, -0.2) is 56.1 Å². The summed E-state index contributed by atoms with van der Waals surface area (Å²) in [4.78, 5) is 28.3. The maximum absolute atomic E-state index is 12.5. The Morgan fingerprint density at radius 3 is 2.76 bits per heavy atom. The molecule has 1 aromatic heterocycles. The summed E-state index contributed by atoms with van der Waals surface area (Å²) in [5, 5.41) is 11.5. The normalized spacial score (nSPS) is 17.8. The van der Waals surface area contributed by atoms with E-state index in [1.807, 2.05) is 19.1 Å². The van der Waals surface area contributed by atoms with Gasteiger partial charge in [0.05, 0.1) is 0 Å². The van der Waals surface area contributed by atoms with Gasteiger partial charge >= 0.3 is 0 Å². The average molecular weight is 363 g/mol. The highest BCUT2D eigenvalue weighted by Crippen LogP contribution is 2.22. The summed E-state index contributed by atoms with van der Waals surface area (Å²) in [6.07, 6.45) is 2.50. The number of halogens is 1. The smallest absolute Gasteiger partial charge is 0.246 e. The highest BCUT2D eigenvalue weighted by Gasteiger charge is 2.32. The van der Waals surface area contributed by atoms with E-state index < -0.39 is 0 Å². The number of hydrogen-bond acceptors (Lipinski definition) is 5. The fourth-order valence-electron chi connectivity index (χ4n) is 2.87. The number of tetrazole rings is 1. The van der Waals surface area contributed by atoms with Crippen molar-refractivity contribution in [2.75, 3.05) is 18.0 Å². The number of aryl methyl sites for hydroxylation is 1. The van der Waals surface area contributed by atoms with Gasteiger partial charge in [0.2, 0.25) is 11.8 Å². The minimum Gasteiger partial charge on any atom is -0.329 e. The summed E-state index contributed by atoms with van der Waals surface area (Å²) < 4.78 is 1.58. The number of amides is 2. The van der Waals surface area contributed by atoms with Crippen LogP contribution in [0.2, 0.25) is 5.02 Å². The molecule has 1 aromatic carbocycles. The Hall–Kier alpha value is -2.48. The van der Waals surface area contributed by atoms with Crippen molar-refractivity contribution in [3.8, 4) is 0 Å². The molecule has 0 unspecified atom stereocenters. The molecule has 25 heavy (non-hydrogen) atoms. The standard InChI is InChI=1S/C16H19ClN6O2/c1-12-9-23(14-6-4-13(17)5-7-14)16(25)10-22(12)15(24)3-2-8-21-11-18-19-20-21/h4-7,11-12H,2-3,8-10H2,1H3/t12-/m0/s1. The van der Waals surface area contributed by atoms with Crippen LogP contribution < -0.4 is 4.90 Å². The predicted molar refractivity (Wildman–Crippen MR) is 92.0 cm³/mol. The molecule has 1 aliphatic heterocycles. The van der Waals surface area contributed by atoms with Crippen LogP contribution in [0.1, 0.15) is 19.8 Å². The highest BCUT2D eigenvalue weighted by atomic mass is 35.5. The van der Waals surface area contributed by atoms with Gasteiger partial charge in [0.15, 0.2) is 0 Å². The number of anilines is 1. The average Bonchev–Trinajstić information content (AvgIpc) is 3.11. The van der Waals surface area contributed by atoms with E-state index in [0.29, 0.717) is 31.0 Å². The molecule has 1 fully saturated rings. The van der Waals surface area contributed by atoms with Gasteiger partial charge < -0.3 is 9.80 Å². The number of hydrogen-bond donors (Lipinski definition) is 0. The quantitative estimate of drug-likeness (QED) is 0.802. The van der Waals surface area contributed by atoms with Crippen LogP contribution in [-0.2, 0) is 16.1 Å². The van der Waals surface area contributed by atoms with Crippen molar-refractivity contribution in [3.05, 3.63) is 35.6 Å². The van der Waals surface area contributed by atoms with Gasteiger partial charge in [-0.1, -0.05) is 11.6 Å². The molecule has 1 aliphatic rings. The zero-order valence-corrected chi connectivity index (χ0v) is 14.6. The Morgan fingerprint density at radius 1 is 1.32 bits per heavy atom. The molecular formula is C16H19ClN6O2. The van der Waals surface area contributed by atoms with Crippen molar-refractivity contribution in [2.45, 2.75) is 32.4 Å². The van der Waals surface area contributed by atoms with Crippen molar-refractivity contribution in [2.24, 2.45) is 0 Å². The van der Waals surface area contributed by atoms with E-state index in [1.165, 1.54) is 6.33 Å². The zero-order chi connectivity index (χ0) is 17.8. The number of nitrogens with zero attached hydrogens (tertiary/aromatic N) is 6. The molecule has 2 heterocycles. The largest absolute Gasteiger partial charge is 0.329 e. The number of piperazine rings is 1. The van der Waals surface area contributed by atoms with Crippen LogP contribution in [0.5, 0.6) is 0 Å². The molecule has 9 heteroatoms. The molecule has 3 rings (SSSR count). The third kappa shape index (κ3) is 4.14. The Morgan fingerprint density at radius 2 is 2.08 bits per heavy atom. The minimum absolute atomic E-state index is 0.0234. The monoisotopic (exact) mass is 362 g/mol. The Balaban J connectivity index is 1.56. The van der Waals surface area contributed by atoms with E-state index in [-0.39, 0.29) is 24.4 Å². The van der Waals surface area contributed by atoms with Crippen LogP contribution in [0.3, 0.4) is 0 Å². The number of benzene rings is 1. The van der Waals surface area contributed by atoms with E-state index in [2.05, 4.69) is 15.5 Å². The lowest BCUT2D eigenvalue weighted by molar-refractivity contribution is -0.139. The molecule has 0 saturated carbocycles. The van der Waals surface area contributed by atoms with Gasteiger partial charge in [0, 0.05) is 36.3 Å². The van der Waals surface area contributed by atoms with E-state index in [1.54, 1.807) is 26.6 Å². The van der Waals surface area contributed by atoms with Gasteiger partial charge in [-0.05, 0) is 48.0 Å². The summed E-state index contributed by atoms with van der Waals surface area (Å²) in [5.41, 5.74) is 0.798. The fourth-order valence-corrected chi connectivity index (χ4v) is 3.00. The minimum atomic E-state index is -0.0887. The first-order valence-electron chi connectivity index (χ1n) is 8.11. The molecule has 2 aromatic rings. The molecule has 8 nitrogen and oxygen atoms in total. The van der Waals surface area contributed by atoms with Crippen LogP contribution in [0.4, 0.5) is 5.69 Å². The SMILES string of the molecule is C[C@H]1CN(c2ccc(Cl)cc2)C(=O)CN1C(=O)CCCn1cnnn1. The van der Waals surface area contributed by atoms with Gasteiger partial charge in [-0.25, -0.2) is 4.68 Å². The Kier molecular flexibility index (Phi) is 5.28. The van der Waals surface area contributed by atoms with Crippen molar-refractivity contribution in [3.63, 3.8) is 0 Å². The lowest BCUT2D eigenvalue weighted by Gasteiger charge is -2.39. The van der Waals surface area contributed by atoms with Crippen molar-refractivity contribution in [1.29, 1.82) is 0 Å². The first-order chi connectivity index (χ1) is 12.0. The third-order valence-corrected chi connectivity index (χ3v) is 4.47. The molecule has 1 atom stereocenters. The topological polar surface area (TPSA) is 84.2 Å². The maximum Gasteiger partial charge on any atom is 0.246 e. The summed E-state index contributed by atoms with van der Waals surface area (Å²) in [7, 11) is 0. The molecule has 0 radical (unpaired) electrons. The van der Waals surface area contributed by atoms with Crippen molar-refractivity contribution < 1.29 is 9.59 Å². The fraction of sp³-hybridized carbons (Fsp3) is 0.438. The lowest BCUT2D eigenvalue weighted by atomic mass is 10.1. The van der Waals surface area contributed by atoms with Gasteiger partial charge in [-0.2, -0.15) is 0 Å². The van der Waals surface area contributed by atoms with E-state index in [4.69, 9.17) is 11.6 Å². The maximum atomic E-state index is 12.5. The van der Waals surface area contributed by atoms with Gasteiger partial charge in [0.1, 0.15) is 12.9 Å². The summed E-state index contributed by atoms with van der Waals surface area (Å²) in [6.45, 7) is 3.09. The molecule has 0 aliphatic carbocycles. The summed E-state index contributed by atoms with van der Waals surface area (Å²) >= 11 is 5.90. The summed E-state index contributed by atoms with van der Waals surface area (Å²) in [5.74, 6) is -0.112. The second-order valence-electron chi connectivity index (χ2n) is 6.03. The van der Waals surface area contributed by atoms with Crippen LogP contribution >= 0.6 is 11.6 Å². The lowest BCUT2D eigenvalue weighted by Crippen LogP contribution is -2.57. The molecule has 2 amide bonds.